The lowest BCUT2D eigenvalue weighted by molar-refractivity contribution is 0.0666. The highest BCUT2D eigenvalue weighted by Crippen LogP contribution is 2.32. The van der Waals surface area contributed by atoms with Gasteiger partial charge >= 0.3 is 0 Å². The molecule has 2 N–H and O–H groups in total. The highest BCUT2D eigenvalue weighted by atomic mass is 32.2. The molecule has 6 nitrogen and oxygen atoms in total. The fraction of sp³-hybridized carbons (Fsp3) is 0.333. The maximum absolute atomic E-state index is 12.4. The predicted molar refractivity (Wildman–Crippen MR) is 86.5 cm³/mol. The molecule has 0 fully saturated rings. The van der Waals surface area contributed by atoms with Gasteiger partial charge in [0.15, 0.2) is 11.5 Å². The van der Waals surface area contributed by atoms with E-state index in [2.05, 4.69) is 4.72 Å². The van der Waals surface area contributed by atoms with Gasteiger partial charge in [-0.3, -0.25) is 0 Å². The van der Waals surface area contributed by atoms with Crippen LogP contribution in [-0.2, 0) is 15.6 Å². The highest BCUT2D eigenvalue weighted by Gasteiger charge is 2.27. The molecule has 1 unspecified atom stereocenters. The molecule has 0 radical (unpaired) electrons. The number of benzene rings is 1. The Hall–Kier alpha value is -1.61. The van der Waals surface area contributed by atoms with Gasteiger partial charge in [0.2, 0.25) is 10.0 Å². The molecule has 0 aliphatic carbocycles. The summed E-state index contributed by atoms with van der Waals surface area (Å²) in [6.45, 7) is 2.29. The van der Waals surface area contributed by atoms with Crippen molar-refractivity contribution in [1.29, 1.82) is 0 Å². The zero-order valence-corrected chi connectivity index (χ0v) is 14.1. The van der Waals surface area contributed by atoms with Crippen molar-refractivity contribution in [3.63, 3.8) is 0 Å². The van der Waals surface area contributed by atoms with Crippen LogP contribution in [0.2, 0.25) is 0 Å². The number of sulfonamides is 1. The van der Waals surface area contributed by atoms with Gasteiger partial charge in [0.25, 0.3) is 0 Å². The standard InChI is InChI=1S/C15H17NO5S2/c1-15(17,14-3-2-8-22-14)10-16-23(18,19)11-4-5-12-13(9-11)21-7-6-20-12/h2-5,8-9,16-17H,6-7,10H2,1H3. The Balaban J connectivity index is 1.77. The molecule has 2 aromatic rings. The molecule has 0 saturated carbocycles. The van der Waals surface area contributed by atoms with E-state index >= 15 is 0 Å². The molecule has 1 aliphatic rings. The number of hydrogen-bond acceptors (Lipinski definition) is 6. The van der Waals surface area contributed by atoms with Crippen LogP contribution in [0.4, 0.5) is 0 Å². The van der Waals surface area contributed by atoms with E-state index in [1.165, 1.54) is 23.5 Å². The second-order valence-electron chi connectivity index (χ2n) is 5.38. The first-order valence-electron chi connectivity index (χ1n) is 7.04. The minimum atomic E-state index is -3.76. The summed E-state index contributed by atoms with van der Waals surface area (Å²) in [6.07, 6.45) is 0. The summed E-state index contributed by atoms with van der Waals surface area (Å²) in [5, 5.41) is 12.2. The smallest absolute Gasteiger partial charge is 0.240 e. The number of ether oxygens (including phenoxy) is 2. The van der Waals surface area contributed by atoms with E-state index in [9.17, 15) is 13.5 Å². The van der Waals surface area contributed by atoms with E-state index in [1.54, 1.807) is 19.1 Å². The minimum Gasteiger partial charge on any atom is -0.486 e. The molecule has 0 bridgehead atoms. The average Bonchev–Trinajstić information content (AvgIpc) is 3.08. The summed E-state index contributed by atoms with van der Waals surface area (Å²) in [5.74, 6) is 0.935. The third-order valence-corrected chi connectivity index (χ3v) is 6.00. The van der Waals surface area contributed by atoms with Gasteiger partial charge in [0, 0.05) is 17.5 Å². The number of fused-ring (bicyclic) bond motifs is 1. The predicted octanol–water partition coefficient (Wildman–Crippen LogP) is 1.71. The zero-order valence-electron chi connectivity index (χ0n) is 12.5. The molecule has 3 rings (SSSR count). The van der Waals surface area contributed by atoms with Crippen molar-refractivity contribution in [2.24, 2.45) is 0 Å². The lowest BCUT2D eigenvalue weighted by Crippen LogP contribution is -2.38. The van der Waals surface area contributed by atoms with Gasteiger partial charge < -0.3 is 14.6 Å². The van der Waals surface area contributed by atoms with Crippen LogP contribution in [0.1, 0.15) is 11.8 Å². The molecule has 0 saturated heterocycles. The second-order valence-corrected chi connectivity index (χ2v) is 8.10. The van der Waals surface area contributed by atoms with Crippen molar-refractivity contribution in [2.45, 2.75) is 17.4 Å². The van der Waals surface area contributed by atoms with Crippen molar-refractivity contribution in [3.05, 3.63) is 40.6 Å². The van der Waals surface area contributed by atoms with Crippen LogP contribution < -0.4 is 14.2 Å². The third-order valence-electron chi connectivity index (χ3n) is 3.48. The molecular formula is C15H17NO5S2. The summed E-state index contributed by atoms with van der Waals surface area (Å²) in [7, 11) is -3.76. The van der Waals surface area contributed by atoms with Crippen molar-refractivity contribution in [3.8, 4) is 11.5 Å². The van der Waals surface area contributed by atoms with Crippen LogP contribution >= 0.6 is 11.3 Å². The highest BCUT2D eigenvalue weighted by molar-refractivity contribution is 7.89. The summed E-state index contributed by atoms with van der Waals surface area (Å²) in [4.78, 5) is 0.770. The first-order valence-corrected chi connectivity index (χ1v) is 9.40. The lowest BCUT2D eigenvalue weighted by atomic mass is 10.1. The maximum Gasteiger partial charge on any atom is 0.240 e. The Bertz CT molecular complexity index is 784. The van der Waals surface area contributed by atoms with Crippen molar-refractivity contribution >= 4 is 21.4 Å². The monoisotopic (exact) mass is 355 g/mol. The quantitative estimate of drug-likeness (QED) is 0.853. The van der Waals surface area contributed by atoms with Crippen LogP contribution in [0.3, 0.4) is 0 Å². The molecule has 23 heavy (non-hydrogen) atoms. The van der Waals surface area contributed by atoms with Gasteiger partial charge in [-0.1, -0.05) is 6.07 Å². The summed E-state index contributed by atoms with van der Waals surface area (Å²) >= 11 is 1.37. The van der Waals surface area contributed by atoms with Gasteiger partial charge in [0.1, 0.15) is 18.8 Å². The number of nitrogens with one attached hydrogen (secondary N) is 1. The van der Waals surface area contributed by atoms with Crippen molar-refractivity contribution < 1.29 is 23.0 Å². The number of thiophene rings is 1. The van der Waals surface area contributed by atoms with Gasteiger partial charge in [-0.05, 0) is 30.5 Å². The van der Waals surface area contributed by atoms with E-state index < -0.39 is 15.6 Å². The van der Waals surface area contributed by atoms with Gasteiger partial charge in [0.05, 0.1) is 4.90 Å². The van der Waals surface area contributed by atoms with Gasteiger partial charge in [-0.15, -0.1) is 11.3 Å². The lowest BCUT2D eigenvalue weighted by Gasteiger charge is -2.23. The van der Waals surface area contributed by atoms with Crippen LogP contribution in [0.5, 0.6) is 11.5 Å². The van der Waals surface area contributed by atoms with Crippen molar-refractivity contribution in [1.82, 2.24) is 4.72 Å². The number of hydrogen-bond donors (Lipinski definition) is 2. The Labute approximate surface area is 138 Å². The molecular weight excluding hydrogens is 338 g/mol. The normalized spacial score (nSPS) is 16.8. The number of rotatable bonds is 5. The second kappa shape index (κ2) is 6.12. The van der Waals surface area contributed by atoms with Crippen LogP contribution in [0.25, 0.3) is 0 Å². The SMILES string of the molecule is CC(O)(CNS(=O)(=O)c1ccc2c(c1)OCCO2)c1cccs1. The maximum atomic E-state index is 12.4. The first-order chi connectivity index (χ1) is 10.9. The molecule has 1 aromatic heterocycles. The largest absolute Gasteiger partial charge is 0.486 e. The van der Waals surface area contributed by atoms with Gasteiger partial charge in [-0.25, -0.2) is 13.1 Å². The van der Waals surface area contributed by atoms with E-state index in [4.69, 9.17) is 9.47 Å². The molecule has 124 valence electrons. The topological polar surface area (TPSA) is 84.9 Å². The Kier molecular flexibility index (Phi) is 4.33. The van der Waals surface area contributed by atoms with Crippen LogP contribution in [-0.4, -0.2) is 33.3 Å². The Morgan fingerprint density at radius 1 is 1.26 bits per heavy atom. The summed E-state index contributed by atoms with van der Waals surface area (Å²) in [6, 6.07) is 8.03. The first kappa shape index (κ1) is 16.3. The third kappa shape index (κ3) is 3.50. The van der Waals surface area contributed by atoms with Crippen molar-refractivity contribution in [2.75, 3.05) is 19.8 Å². The summed E-state index contributed by atoms with van der Waals surface area (Å²) in [5.41, 5.74) is -1.27. The molecule has 1 atom stereocenters. The minimum absolute atomic E-state index is 0.0729. The fourth-order valence-electron chi connectivity index (χ4n) is 2.18. The van der Waals surface area contributed by atoms with Gasteiger partial charge in [-0.2, -0.15) is 0 Å². The fourth-order valence-corrected chi connectivity index (χ4v) is 4.12. The van der Waals surface area contributed by atoms with E-state index in [0.29, 0.717) is 29.6 Å². The van der Waals surface area contributed by atoms with Crippen LogP contribution in [0.15, 0.2) is 40.6 Å². The number of aliphatic hydroxyl groups is 1. The summed E-state index contributed by atoms with van der Waals surface area (Å²) < 4.78 is 38.1. The molecule has 8 heteroatoms. The Morgan fingerprint density at radius 2 is 2.00 bits per heavy atom. The molecule has 1 aromatic carbocycles. The average molecular weight is 355 g/mol. The molecule has 1 aliphatic heterocycles. The van der Waals surface area contributed by atoms with E-state index in [1.807, 2.05) is 11.4 Å². The molecule has 2 heterocycles. The zero-order chi connectivity index (χ0) is 16.5. The van der Waals surface area contributed by atoms with E-state index in [0.717, 1.165) is 0 Å². The molecule has 0 amide bonds. The van der Waals surface area contributed by atoms with E-state index in [-0.39, 0.29) is 11.4 Å². The Morgan fingerprint density at radius 3 is 2.70 bits per heavy atom. The molecule has 0 spiro atoms. The van der Waals surface area contributed by atoms with Crippen LogP contribution in [0, 0.1) is 0 Å².